The van der Waals surface area contributed by atoms with Gasteiger partial charge >= 0.3 is 0 Å². The molecule has 24 heavy (non-hydrogen) atoms. The molecule has 0 bridgehead atoms. The SMILES string of the molecule is CC(C)=CCCC(C)=CCCC(C)=CCc1ccc(C(N)=O)cc1. The van der Waals surface area contributed by atoms with Gasteiger partial charge in [-0.25, -0.2) is 0 Å². The van der Waals surface area contributed by atoms with Gasteiger partial charge in [0.2, 0.25) is 5.91 Å². The molecule has 0 saturated carbocycles. The Labute approximate surface area is 147 Å². The summed E-state index contributed by atoms with van der Waals surface area (Å²) in [6.45, 7) is 8.70. The number of hydrogen-bond donors (Lipinski definition) is 1. The van der Waals surface area contributed by atoms with Crippen molar-refractivity contribution in [2.75, 3.05) is 0 Å². The van der Waals surface area contributed by atoms with Gasteiger partial charge in [-0.05, 0) is 77.5 Å². The van der Waals surface area contributed by atoms with E-state index in [-0.39, 0.29) is 5.91 Å². The van der Waals surface area contributed by atoms with Gasteiger partial charge in [-0.15, -0.1) is 0 Å². The van der Waals surface area contributed by atoms with Gasteiger partial charge in [0.25, 0.3) is 0 Å². The molecule has 1 rings (SSSR count). The Bertz CT molecular complexity index is 614. The first kappa shape index (κ1) is 20.0. The third-order valence-corrected chi connectivity index (χ3v) is 4.05. The van der Waals surface area contributed by atoms with Crippen molar-refractivity contribution in [2.24, 2.45) is 5.73 Å². The Morgan fingerprint density at radius 1 is 0.875 bits per heavy atom. The van der Waals surface area contributed by atoms with Crippen LogP contribution in [-0.4, -0.2) is 5.91 Å². The van der Waals surface area contributed by atoms with Gasteiger partial charge in [0.1, 0.15) is 0 Å². The summed E-state index contributed by atoms with van der Waals surface area (Å²) < 4.78 is 0. The van der Waals surface area contributed by atoms with E-state index in [9.17, 15) is 4.79 Å². The average molecular weight is 325 g/mol. The first-order chi connectivity index (χ1) is 11.4. The van der Waals surface area contributed by atoms with E-state index < -0.39 is 0 Å². The molecule has 0 fully saturated rings. The van der Waals surface area contributed by atoms with Crippen LogP contribution >= 0.6 is 0 Å². The second-order valence-electron chi connectivity index (χ2n) is 6.73. The number of primary amides is 1. The summed E-state index contributed by atoms with van der Waals surface area (Å²) in [5, 5.41) is 0. The lowest BCUT2D eigenvalue weighted by molar-refractivity contribution is 0.100. The van der Waals surface area contributed by atoms with Crippen LogP contribution in [0.4, 0.5) is 0 Å². The third-order valence-electron chi connectivity index (χ3n) is 4.05. The molecule has 0 aromatic heterocycles. The van der Waals surface area contributed by atoms with E-state index >= 15 is 0 Å². The van der Waals surface area contributed by atoms with Crippen molar-refractivity contribution >= 4 is 5.91 Å². The molecule has 0 saturated heterocycles. The van der Waals surface area contributed by atoms with Crippen LogP contribution in [-0.2, 0) is 6.42 Å². The Kier molecular flexibility index (Phi) is 8.85. The highest BCUT2D eigenvalue weighted by atomic mass is 16.1. The van der Waals surface area contributed by atoms with Crippen molar-refractivity contribution in [2.45, 2.75) is 59.8 Å². The quantitative estimate of drug-likeness (QED) is 0.577. The molecule has 0 unspecified atom stereocenters. The number of nitrogens with two attached hydrogens (primary N) is 1. The first-order valence-electron chi connectivity index (χ1n) is 8.72. The van der Waals surface area contributed by atoms with E-state index in [1.807, 2.05) is 12.1 Å². The van der Waals surface area contributed by atoms with E-state index in [4.69, 9.17) is 5.73 Å². The standard InChI is InChI=1S/C22H31NO/c1-17(2)7-5-8-18(3)9-6-10-19(4)11-12-20-13-15-21(16-14-20)22(23)24/h7,9,11,13-16H,5-6,8,10,12H2,1-4H3,(H2,23,24). The topological polar surface area (TPSA) is 43.1 Å². The van der Waals surface area contributed by atoms with Gasteiger partial charge in [0.05, 0.1) is 0 Å². The van der Waals surface area contributed by atoms with Gasteiger partial charge in [-0.3, -0.25) is 4.79 Å². The number of rotatable bonds is 9. The molecular weight excluding hydrogens is 294 g/mol. The summed E-state index contributed by atoms with van der Waals surface area (Å²) in [5.41, 5.74) is 11.3. The summed E-state index contributed by atoms with van der Waals surface area (Å²) in [6.07, 6.45) is 12.3. The van der Waals surface area contributed by atoms with Crippen LogP contribution in [0.1, 0.15) is 69.3 Å². The van der Waals surface area contributed by atoms with Crippen molar-refractivity contribution in [3.05, 3.63) is 70.3 Å². The molecule has 1 amide bonds. The zero-order chi connectivity index (χ0) is 17.9. The van der Waals surface area contributed by atoms with Gasteiger partial charge in [-0.2, -0.15) is 0 Å². The zero-order valence-corrected chi connectivity index (χ0v) is 15.6. The Morgan fingerprint density at radius 3 is 1.96 bits per heavy atom. The number of carbonyl (C=O) groups is 1. The van der Waals surface area contributed by atoms with Crippen molar-refractivity contribution in [1.29, 1.82) is 0 Å². The fourth-order valence-electron chi connectivity index (χ4n) is 2.44. The van der Waals surface area contributed by atoms with Crippen LogP contribution in [0.5, 0.6) is 0 Å². The van der Waals surface area contributed by atoms with Gasteiger partial charge < -0.3 is 5.73 Å². The lowest BCUT2D eigenvalue weighted by atomic mass is 10.0. The van der Waals surface area contributed by atoms with Crippen molar-refractivity contribution < 1.29 is 4.79 Å². The summed E-state index contributed by atoms with van der Waals surface area (Å²) in [6, 6.07) is 7.52. The highest BCUT2D eigenvalue weighted by Crippen LogP contribution is 2.13. The second-order valence-corrected chi connectivity index (χ2v) is 6.73. The molecule has 2 heteroatoms. The molecule has 2 nitrogen and oxygen atoms in total. The molecule has 0 heterocycles. The van der Waals surface area contributed by atoms with Crippen LogP contribution in [0.2, 0.25) is 0 Å². The van der Waals surface area contributed by atoms with Gasteiger partial charge in [0, 0.05) is 5.56 Å². The monoisotopic (exact) mass is 325 g/mol. The van der Waals surface area contributed by atoms with Crippen molar-refractivity contribution in [3.63, 3.8) is 0 Å². The fourth-order valence-corrected chi connectivity index (χ4v) is 2.44. The molecule has 0 radical (unpaired) electrons. The third kappa shape index (κ3) is 8.52. The predicted octanol–water partition coefficient (Wildman–Crippen LogP) is 5.75. The van der Waals surface area contributed by atoms with E-state index in [0.717, 1.165) is 32.1 Å². The van der Waals surface area contributed by atoms with E-state index in [1.165, 1.54) is 22.3 Å². The molecule has 0 spiro atoms. The molecule has 1 aromatic rings. The predicted molar refractivity (Wildman–Crippen MR) is 104 cm³/mol. The molecule has 130 valence electrons. The van der Waals surface area contributed by atoms with E-state index in [2.05, 4.69) is 45.9 Å². The zero-order valence-electron chi connectivity index (χ0n) is 15.6. The van der Waals surface area contributed by atoms with Crippen LogP contribution < -0.4 is 5.73 Å². The van der Waals surface area contributed by atoms with Crippen LogP contribution in [0, 0.1) is 0 Å². The van der Waals surface area contributed by atoms with Crippen molar-refractivity contribution in [1.82, 2.24) is 0 Å². The fraction of sp³-hybridized carbons (Fsp3) is 0.409. The summed E-state index contributed by atoms with van der Waals surface area (Å²) in [4.78, 5) is 11.1. The van der Waals surface area contributed by atoms with Crippen LogP contribution in [0.15, 0.2) is 59.2 Å². The second kappa shape index (κ2) is 10.6. The van der Waals surface area contributed by atoms with Crippen molar-refractivity contribution in [3.8, 4) is 0 Å². The average Bonchev–Trinajstić information content (AvgIpc) is 2.53. The molecule has 1 aromatic carbocycles. The Morgan fingerprint density at radius 2 is 1.42 bits per heavy atom. The number of amides is 1. The maximum atomic E-state index is 11.1. The van der Waals surface area contributed by atoms with Gasteiger partial charge in [0.15, 0.2) is 0 Å². The Balaban J connectivity index is 2.38. The highest BCUT2D eigenvalue weighted by Gasteiger charge is 1.99. The minimum absolute atomic E-state index is 0.375. The van der Waals surface area contributed by atoms with Crippen LogP contribution in [0.25, 0.3) is 0 Å². The number of carbonyl (C=O) groups excluding carboxylic acids is 1. The minimum atomic E-state index is -0.375. The van der Waals surface area contributed by atoms with E-state index in [0.29, 0.717) is 5.56 Å². The molecule has 2 N–H and O–H groups in total. The molecule has 0 aliphatic heterocycles. The maximum absolute atomic E-state index is 11.1. The molecule has 0 atom stereocenters. The molecule has 0 aliphatic carbocycles. The summed E-state index contributed by atoms with van der Waals surface area (Å²) in [7, 11) is 0. The number of hydrogen-bond acceptors (Lipinski definition) is 1. The van der Waals surface area contributed by atoms with Crippen LogP contribution in [0.3, 0.4) is 0 Å². The smallest absolute Gasteiger partial charge is 0.248 e. The minimum Gasteiger partial charge on any atom is -0.366 e. The van der Waals surface area contributed by atoms with Gasteiger partial charge in [-0.1, -0.05) is 47.1 Å². The molecule has 0 aliphatic rings. The lowest BCUT2D eigenvalue weighted by Crippen LogP contribution is -2.10. The summed E-state index contributed by atoms with van der Waals surface area (Å²) in [5.74, 6) is -0.375. The van der Waals surface area contributed by atoms with E-state index in [1.54, 1.807) is 12.1 Å². The normalized spacial score (nSPS) is 12.2. The first-order valence-corrected chi connectivity index (χ1v) is 8.72. The number of benzene rings is 1. The largest absolute Gasteiger partial charge is 0.366 e. The highest BCUT2D eigenvalue weighted by molar-refractivity contribution is 5.92. The number of allylic oxidation sites excluding steroid dienone is 6. The molecular formula is C22H31NO. The lowest BCUT2D eigenvalue weighted by Gasteiger charge is -2.03. The maximum Gasteiger partial charge on any atom is 0.248 e. The Hall–Kier alpha value is -2.09. The summed E-state index contributed by atoms with van der Waals surface area (Å²) >= 11 is 0.